The smallest absolute Gasteiger partial charge is 0.191 e. The van der Waals surface area contributed by atoms with Gasteiger partial charge in [0, 0.05) is 38.4 Å². The normalized spacial score (nSPS) is 11.0. The second-order valence-corrected chi connectivity index (χ2v) is 5.76. The lowest BCUT2D eigenvalue weighted by atomic mass is 10.1. The predicted octanol–water partition coefficient (Wildman–Crippen LogP) is 3.12. The Morgan fingerprint density at radius 1 is 1.15 bits per heavy atom. The largest absolute Gasteiger partial charge is 0.497 e. The van der Waals surface area contributed by atoms with Crippen molar-refractivity contribution in [2.75, 3.05) is 53.7 Å². The predicted molar refractivity (Wildman–Crippen MR) is 118 cm³/mol. The summed E-state index contributed by atoms with van der Waals surface area (Å²) in [5, 5.41) is 7.28. The Kier molecular flexibility index (Phi) is 15.9. The number of hydrogen-bond donors (Lipinski definition) is 2. The van der Waals surface area contributed by atoms with E-state index in [2.05, 4.69) is 15.6 Å². The van der Waals surface area contributed by atoms with Gasteiger partial charge in [-0.05, 0) is 37.5 Å². The van der Waals surface area contributed by atoms with Crippen molar-refractivity contribution in [2.24, 2.45) is 4.99 Å². The van der Waals surface area contributed by atoms with Gasteiger partial charge in [0.1, 0.15) is 5.75 Å². The molecule has 150 valence electrons. The van der Waals surface area contributed by atoms with E-state index >= 15 is 0 Å². The Bertz CT molecular complexity index is 518. The number of rotatable bonds is 12. The Balaban J connectivity index is 0.00000625. The molecule has 0 aromatic heterocycles. The zero-order valence-corrected chi connectivity index (χ0v) is 18.9. The lowest BCUT2D eigenvalue weighted by Crippen LogP contribution is -2.38. The summed E-state index contributed by atoms with van der Waals surface area (Å²) in [6.45, 7) is 6.27. The molecule has 1 rings (SSSR count). The molecule has 0 spiro atoms. The molecule has 0 aliphatic carbocycles. The number of halogens is 2. The van der Waals surface area contributed by atoms with Crippen molar-refractivity contribution in [1.82, 2.24) is 10.6 Å². The molecule has 0 bridgehead atoms. The standard InChI is InChI=1S/C18H30ClN3O3.HI/c1-4-20-18(21-9-5-11-25-13-12-23-2)22-10-8-15-6-7-16(24-3)14-17(15)19;/h6-7,14H,4-5,8-13H2,1-3H3,(H2,20,21,22);1H. The van der Waals surface area contributed by atoms with Crippen LogP contribution in [0.1, 0.15) is 18.9 Å². The molecule has 0 saturated carbocycles. The van der Waals surface area contributed by atoms with Crippen LogP contribution in [-0.2, 0) is 15.9 Å². The summed E-state index contributed by atoms with van der Waals surface area (Å²) in [6.07, 6.45) is 1.69. The van der Waals surface area contributed by atoms with Gasteiger partial charge in [-0.25, -0.2) is 0 Å². The summed E-state index contributed by atoms with van der Waals surface area (Å²) in [5.41, 5.74) is 1.08. The monoisotopic (exact) mass is 499 g/mol. The van der Waals surface area contributed by atoms with E-state index in [1.807, 2.05) is 25.1 Å². The number of nitrogens with zero attached hydrogens (tertiary/aromatic N) is 1. The van der Waals surface area contributed by atoms with Crippen LogP contribution in [0.2, 0.25) is 5.02 Å². The molecule has 0 radical (unpaired) electrons. The summed E-state index contributed by atoms with van der Waals surface area (Å²) in [6, 6.07) is 5.74. The van der Waals surface area contributed by atoms with Crippen LogP contribution < -0.4 is 15.4 Å². The highest BCUT2D eigenvalue weighted by molar-refractivity contribution is 14.0. The molecule has 0 aliphatic heterocycles. The molecule has 6 nitrogen and oxygen atoms in total. The Labute approximate surface area is 179 Å². The summed E-state index contributed by atoms with van der Waals surface area (Å²) < 4.78 is 15.5. The molecular formula is C18H31ClIN3O3. The third-order valence-corrected chi connectivity index (χ3v) is 3.79. The number of guanidine groups is 1. The highest BCUT2D eigenvalue weighted by Gasteiger charge is 2.03. The van der Waals surface area contributed by atoms with E-state index in [-0.39, 0.29) is 24.0 Å². The number of methoxy groups -OCH3 is 2. The van der Waals surface area contributed by atoms with Gasteiger partial charge in [-0.15, -0.1) is 24.0 Å². The fourth-order valence-electron chi connectivity index (χ4n) is 2.12. The molecular weight excluding hydrogens is 469 g/mol. The van der Waals surface area contributed by atoms with Crippen molar-refractivity contribution in [3.63, 3.8) is 0 Å². The fraction of sp³-hybridized carbons (Fsp3) is 0.611. The van der Waals surface area contributed by atoms with Crippen molar-refractivity contribution >= 4 is 41.5 Å². The number of ether oxygens (including phenoxy) is 3. The van der Waals surface area contributed by atoms with Crippen LogP contribution in [0.5, 0.6) is 5.75 Å². The summed E-state index contributed by atoms with van der Waals surface area (Å²) in [7, 11) is 3.30. The lowest BCUT2D eigenvalue weighted by molar-refractivity contribution is 0.0702. The minimum absolute atomic E-state index is 0. The van der Waals surface area contributed by atoms with Crippen LogP contribution in [0.15, 0.2) is 23.2 Å². The Morgan fingerprint density at radius 2 is 1.96 bits per heavy atom. The average molecular weight is 500 g/mol. The van der Waals surface area contributed by atoms with Gasteiger partial charge in [0.05, 0.1) is 20.3 Å². The molecule has 26 heavy (non-hydrogen) atoms. The van der Waals surface area contributed by atoms with Gasteiger partial charge in [-0.3, -0.25) is 4.99 Å². The van der Waals surface area contributed by atoms with Crippen LogP contribution >= 0.6 is 35.6 Å². The van der Waals surface area contributed by atoms with Crippen molar-refractivity contribution < 1.29 is 14.2 Å². The molecule has 8 heteroatoms. The maximum Gasteiger partial charge on any atom is 0.191 e. The van der Waals surface area contributed by atoms with Crippen LogP contribution in [0.3, 0.4) is 0 Å². The van der Waals surface area contributed by atoms with Crippen molar-refractivity contribution in [3.05, 3.63) is 28.8 Å². The number of benzene rings is 1. The highest BCUT2D eigenvalue weighted by Crippen LogP contribution is 2.22. The first kappa shape index (κ1) is 25.2. The fourth-order valence-corrected chi connectivity index (χ4v) is 2.38. The first-order valence-electron chi connectivity index (χ1n) is 8.62. The van der Waals surface area contributed by atoms with E-state index in [0.29, 0.717) is 26.4 Å². The molecule has 0 fully saturated rings. The molecule has 0 atom stereocenters. The maximum atomic E-state index is 6.26. The lowest BCUT2D eigenvalue weighted by Gasteiger charge is -2.12. The van der Waals surface area contributed by atoms with E-state index in [4.69, 9.17) is 25.8 Å². The van der Waals surface area contributed by atoms with Crippen molar-refractivity contribution in [1.29, 1.82) is 0 Å². The van der Waals surface area contributed by atoms with E-state index in [1.165, 1.54) is 0 Å². The molecule has 0 saturated heterocycles. The van der Waals surface area contributed by atoms with Crippen LogP contribution in [0, 0.1) is 0 Å². The maximum absolute atomic E-state index is 6.26. The molecule has 0 amide bonds. The Hall–Kier alpha value is -0.770. The minimum Gasteiger partial charge on any atom is -0.497 e. The van der Waals surface area contributed by atoms with Crippen LogP contribution in [-0.4, -0.2) is 59.6 Å². The first-order chi connectivity index (χ1) is 12.2. The zero-order chi connectivity index (χ0) is 18.3. The summed E-state index contributed by atoms with van der Waals surface area (Å²) in [4.78, 5) is 4.54. The average Bonchev–Trinajstić information content (AvgIpc) is 2.62. The van der Waals surface area contributed by atoms with Gasteiger partial charge < -0.3 is 24.8 Å². The molecule has 1 aromatic rings. The van der Waals surface area contributed by atoms with E-state index in [1.54, 1.807) is 14.2 Å². The van der Waals surface area contributed by atoms with Crippen LogP contribution in [0.25, 0.3) is 0 Å². The molecule has 0 heterocycles. The van der Waals surface area contributed by atoms with Gasteiger partial charge in [0.2, 0.25) is 0 Å². The number of hydrogen-bond acceptors (Lipinski definition) is 4. The SMILES string of the molecule is CCNC(=NCCCOCCOC)NCCc1ccc(OC)cc1Cl.I. The number of nitrogens with one attached hydrogen (secondary N) is 2. The molecule has 1 aromatic carbocycles. The van der Waals surface area contributed by atoms with Gasteiger partial charge in [0.25, 0.3) is 0 Å². The third kappa shape index (κ3) is 11.1. The summed E-state index contributed by atoms with van der Waals surface area (Å²) >= 11 is 6.26. The molecule has 0 aliphatic rings. The molecule has 0 unspecified atom stereocenters. The van der Waals surface area contributed by atoms with Gasteiger partial charge >= 0.3 is 0 Å². The van der Waals surface area contributed by atoms with Gasteiger partial charge in [-0.1, -0.05) is 17.7 Å². The van der Waals surface area contributed by atoms with Gasteiger partial charge in [0.15, 0.2) is 5.96 Å². The van der Waals surface area contributed by atoms with Crippen molar-refractivity contribution in [2.45, 2.75) is 19.8 Å². The third-order valence-electron chi connectivity index (χ3n) is 3.44. The topological polar surface area (TPSA) is 64.1 Å². The first-order valence-corrected chi connectivity index (χ1v) is 9.00. The highest BCUT2D eigenvalue weighted by atomic mass is 127. The second kappa shape index (κ2) is 16.4. The second-order valence-electron chi connectivity index (χ2n) is 5.35. The van der Waals surface area contributed by atoms with Gasteiger partial charge in [-0.2, -0.15) is 0 Å². The van der Waals surface area contributed by atoms with E-state index < -0.39 is 0 Å². The van der Waals surface area contributed by atoms with E-state index in [0.717, 1.165) is 48.2 Å². The van der Waals surface area contributed by atoms with E-state index in [9.17, 15) is 0 Å². The molecule has 2 N–H and O–H groups in total. The quantitative estimate of drug-likeness (QED) is 0.200. The minimum atomic E-state index is 0. The van der Waals surface area contributed by atoms with Crippen molar-refractivity contribution in [3.8, 4) is 5.75 Å². The van der Waals surface area contributed by atoms with Crippen LogP contribution in [0.4, 0.5) is 0 Å². The summed E-state index contributed by atoms with van der Waals surface area (Å²) in [5.74, 6) is 1.58. The number of aliphatic imine (C=N–C) groups is 1. The zero-order valence-electron chi connectivity index (χ0n) is 15.8. The Morgan fingerprint density at radius 3 is 2.62 bits per heavy atom.